The quantitative estimate of drug-likeness (QED) is 0.840. The number of rotatable bonds is 6. The molecule has 1 atom stereocenters. The zero-order valence-electron chi connectivity index (χ0n) is 14.0. The molecule has 1 unspecified atom stereocenters. The van der Waals surface area contributed by atoms with Gasteiger partial charge in [0.1, 0.15) is 5.82 Å². The molecule has 0 saturated carbocycles. The van der Waals surface area contributed by atoms with Gasteiger partial charge in [0.25, 0.3) is 5.91 Å². The van der Waals surface area contributed by atoms with Crippen molar-refractivity contribution >= 4 is 5.91 Å². The third kappa shape index (κ3) is 4.21. The highest BCUT2D eigenvalue weighted by Gasteiger charge is 2.41. The van der Waals surface area contributed by atoms with E-state index in [-0.39, 0.29) is 24.8 Å². The Hall–Kier alpha value is -2.31. The number of likely N-dealkylation sites (tertiary alicyclic amines) is 1. The maximum absolute atomic E-state index is 13.8. The summed E-state index contributed by atoms with van der Waals surface area (Å²) in [6, 6.07) is 12.0. The summed E-state index contributed by atoms with van der Waals surface area (Å²) in [6.45, 7) is 1.32. The molecule has 132 valence electrons. The van der Waals surface area contributed by atoms with E-state index in [1.807, 2.05) is 18.2 Å². The number of carbonyl (C=O) groups excluding carboxylic acids is 1. The summed E-state index contributed by atoms with van der Waals surface area (Å²) in [4.78, 5) is 18.4. The van der Waals surface area contributed by atoms with Gasteiger partial charge in [-0.15, -0.1) is 0 Å². The number of benzene rings is 1. The highest BCUT2D eigenvalue weighted by Crippen LogP contribution is 2.24. The lowest BCUT2D eigenvalue weighted by Crippen LogP contribution is -2.57. The fourth-order valence-corrected chi connectivity index (χ4v) is 3.11. The number of aliphatic hydroxyl groups is 1. The number of nitrogens with one attached hydrogen (secondary N) is 1. The summed E-state index contributed by atoms with van der Waals surface area (Å²) in [7, 11) is 0. The van der Waals surface area contributed by atoms with E-state index in [9.17, 15) is 14.3 Å². The minimum absolute atomic E-state index is 0.149. The van der Waals surface area contributed by atoms with Crippen LogP contribution in [0.15, 0.2) is 48.7 Å². The van der Waals surface area contributed by atoms with Gasteiger partial charge in [-0.1, -0.05) is 24.3 Å². The molecule has 6 heteroatoms. The molecule has 1 fully saturated rings. The second kappa shape index (κ2) is 7.72. The van der Waals surface area contributed by atoms with Gasteiger partial charge in [0.15, 0.2) is 5.60 Å². The van der Waals surface area contributed by atoms with Gasteiger partial charge in [-0.2, -0.15) is 0 Å². The summed E-state index contributed by atoms with van der Waals surface area (Å²) in [5.74, 6) is -0.687. The van der Waals surface area contributed by atoms with Gasteiger partial charge in [-0.05, 0) is 31.0 Å². The van der Waals surface area contributed by atoms with Crippen LogP contribution in [0, 0.1) is 5.82 Å². The average molecular weight is 343 g/mol. The lowest BCUT2D eigenvalue weighted by molar-refractivity contribution is -0.157. The predicted octanol–water partition coefficient (Wildman–Crippen LogP) is 1.86. The van der Waals surface area contributed by atoms with Crippen molar-refractivity contribution in [3.63, 3.8) is 0 Å². The summed E-state index contributed by atoms with van der Waals surface area (Å²) in [6.07, 6.45) is 2.78. The smallest absolute Gasteiger partial charge is 0.256 e. The topological polar surface area (TPSA) is 65.5 Å². The molecule has 0 radical (unpaired) electrons. The van der Waals surface area contributed by atoms with Crippen LogP contribution in [0.5, 0.6) is 0 Å². The molecule has 1 amide bonds. The Morgan fingerprint density at radius 1 is 1.24 bits per heavy atom. The van der Waals surface area contributed by atoms with Crippen molar-refractivity contribution in [2.24, 2.45) is 0 Å². The Bertz CT molecular complexity index is 726. The molecule has 0 spiro atoms. The molecule has 2 N–H and O–H groups in total. The number of nitrogens with zero attached hydrogens (tertiary/aromatic N) is 2. The number of hydrogen-bond donors (Lipinski definition) is 2. The largest absolute Gasteiger partial charge is 0.379 e. The lowest BCUT2D eigenvalue weighted by Gasteiger charge is -2.38. The van der Waals surface area contributed by atoms with Crippen LogP contribution in [-0.2, 0) is 17.9 Å². The first-order valence-corrected chi connectivity index (χ1v) is 8.44. The van der Waals surface area contributed by atoms with E-state index in [0.29, 0.717) is 31.5 Å². The van der Waals surface area contributed by atoms with Gasteiger partial charge < -0.3 is 15.3 Å². The highest BCUT2D eigenvalue weighted by molar-refractivity contribution is 5.86. The Kier molecular flexibility index (Phi) is 5.40. The van der Waals surface area contributed by atoms with E-state index in [4.69, 9.17) is 0 Å². The molecular formula is C19H22FN3O2. The molecular weight excluding hydrogens is 321 g/mol. The predicted molar refractivity (Wildman–Crippen MR) is 91.9 cm³/mol. The first-order chi connectivity index (χ1) is 12.1. The van der Waals surface area contributed by atoms with Crippen LogP contribution in [0.3, 0.4) is 0 Å². The van der Waals surface area contributed by atoms with Crippen molar-refractivity contribution in [1.82, 2.24) is 15.2 Å². The number of halogens is 1. The zero-order valence-corrected chi connectivity index (χ0v) is 14.0. The molecule has 0 aliphatic carbocycles. The van der Waals surface area contributed by atoms with Gasteiger partial charge >= 0.3 is 0 Å². The maximum Gasteiger partial charge on any atom is 0.256 e. The highest BCUT2D eigenvalue weighted by atomic mass is 19.1. The van der Waals surface area contributed by atoms with Crippen LogP contribution < -0.4 is 5.32 Å². The third-order valence-electron chi connectivity index (χ3n) is 4.47. The van der Waals surface area contributed by atoms with E-state index >= 15 is 0 Å². The molecule has 1 aromatic heterocycles. The summed E-state index contributed by atoms with van der Waals surface area (Å²) in [5.41, 5.74) is -0.155. The third-order valence-corrected chi connectivity index (χ3v) is 4.47. The molecule has 25 heavy (non-hydrogen) atoms. The second-order valence-corrected chi connectivity index (χ2v) is 6.38. The number of hydrogen-bond acceptors (Lipinski definition) is 4. The Labute approximate surface area is 146 Å². The van der Waals surface area contributed by atoms with Crippen LogP contribution in [0.4, 0.5) is 4.39 Å². The van der Waals surface area contributed by atoms with Crippen molar-refractivity contribution in [3.05, 3.63) is 65.7 Å². The first kappa shape index (κ1) is 17.5. The van der Waals surface area contributed by atoms with Crippen molar-refractivity contribution in [1.29, 1.82) is 0 Å². The Balaban J connectivity index is 1.61. The molecule has 1 aliphatic heterocycles. The van der Waals surface area contributed by atoms with E-state index in [1.165, 1.54) is 11.0 Å². The number of pyridine rings is 1. The minimum atomic E-state index is -1.46. The van der Waals surface area contributed by atoms with Crippen LogP contribution in [0.1, 0.15) is 24.1 Å². The number of amides is 1. The maximum atomic E-state index is 13.8. The molecule has 1 saturated heterocycles. The molecule has 1 aromatic carbocycles. The van der Waals surface area contributed by atoms with Gasteiger partial charge in [-0.3, -0.25) is 9.78 Å². The number of carbonyl (C=O) groups is 1. The first-order valence-electron chi connectivity index (χ1n) is 8.44. The number of piperidine rings is 1. The fourth-order valence-electron chi connectivity index (χ4n) is 3.11. The molecule has 1 aliphatic rings. The standard InChI is InChI=1S/C19H22FN3O2/c20-17-8-2-1-6-15(17)13-23-11-5-9-19(25,18(23)24)14-21-12-16-7-3-4-10-22-16/h1-4,6-8,10,21,25H,5,9,11-14H2. The zero-order chi connectivity index (χ0) is 17.7. The van der Waals surface area contributed by atoms with Crippen LogP contribution >= 0.6 is 0 Å². The van der Waals surface area contributed by atoms with E-state index in [2.05, 4.69) is 10.3 Å². The second-order valence-electron chi connectivity index (χ2n) is 6.38. The fraction of sp³-hybridized carbons (Fsp3) is 0.368. The van der Waals surface area contributed by atoms with Crippen LogP contribution in [0.2, 0.25) is 0 Å². The van der Waals surface area contributed by atoms with Crippen molar-refractivity contribution in [3.8, 4) is 0 Å². The summed E-state index contributed by atoms with van der Waals surface area (Å²) < 4.78 is 13.8. The van der Waals surface area contributed by atoms with Gasteiger partial charge in [-0.25, -0.2) is 4.39 Å². The lowest BCUT2D eigenvalue weighted by atomic mass is 9.91. The molecule has 3 rings (SSSR count). The SMILES string of the molecule is O=C1N(Cc2ccccc2F)CCCC1(O)CNCc1ccccn1. The van der Waals surface area contributed by atoms with E-state index in [1.54, 1.807) is 24.4 Å². The summed E-state index contributed by atoms with van der Waals surface area (Å²) in [5, 5.41) is 13.9. The van der Waals surface area contributed by atoms with Crippen molar-refractivity contribution < 1.29 is 14.3 Å². The van der Waals surface area contributed by atoms with Gasteiger partial charge in [0.05, 0.1) is 5.69 Å². The Morgan fingerprint density at radius 2 is 2.04 bits per heavy atom. The molecule has 2 heterocycles. The van der Waals surface area contributed by atoms with Crippen LogP contribution in [0.25, 0.3) is 0 Å². The van der Waals surface area contributed by atoms with E-state index in [0.717, 1.165) is 5.69 Å². The minimum Gasteiger partial charge on any atom is -0.379 e. The molecule has 5 nitrogen and oxygen atoms in total. The van der Waals surface area contributed by atoms with E-state index < -0.39 is 5.60 Å². The average Bonchev–Trinajstić information content (AvgIpc) is 2.62. The Morgan fingerprint density at radius 3 is 2.80 bits per heavy atom. The number of aromatic nitrogens is 1. The van der Waals surface area contributed by atoms with Gasteiger partial charge in [0, 0.05) is 37.9 Å². The summed E-state index contributed by atoms with van der Waals surface area (Å²) >= 11 is 0. The molecule has 0 bridgehead atoms. The van der Waals surface area contributed by atoms with Gasteiger partial charge in [0.2, 0.25) is 0 Å². The monoisotopic (exact) mass is 343 g/mol. The van der Waals surface area contributed by atoms with Crippen molar-refractivity contribution in [2.75, 3.05) is 13.1 Å². The normalized spacial score (nSPS) is 20.7. The van der Waals surface area contributed by atoms with Crippen molar-refractivity contribution in [2.45, 2.75) is 31.5 Å². The molecule has 2 aromatic rings. The van der Waals surface area contributed by atoms with Crippen LogP contribution in [-0.4, -0.2) is 39.6 Å².